The lowest BCUT2D eigenvalue weighted by Gasteiger charge is -2.84. The molecule has 2 bridgehead atoms. The predicted molar refractivity (Wildman–Crippen MR) is 42.4 cm³/mol. The molecule has 68 valence electrons. The van der Waals surface area contributed by atoms with E-state index in [1.54, 1.807) is 0 Å². The van der Waals surface area contributed by atoms with Crippen LogP contribution in [0.1, 0.15) is 6.92 Å². The first-order chi connectivity index (χ1) is 6.26. The Balaban J connectivity index is 1.63. The van der Waals surface area contributed by atoms with Crippen LogP contribution in [0.2, 0.25) is 0 Å². The normalized spacial score (nSPS) is 77.2. The smallest absolute Gasteiger partial charge is 0.304 e. The largest absolute Gasteiger partial charge is 0.443 e. The van der Waals surface area contributed by atoms with Gasteiger partial charge in [-0.05, 0) is 23.7 Å². The summed E-state index contributed by atoms with van der Waals surface area (Å²) in [5.41, 5.74) is -0.161. The van der Waals surface area contributed by atoms with E-state index in [2.05, 4.69) is 5.32 Å². The van der Waals surface area contributed by atoms with Crippen LogP contribution in [0.4, 0.5) is 0 Å². The average Bonchev–Trinajstić information content (AvgIpc) is 2.28. The molecule has 0 spiro atoms. The highest BCUT2D eigenvalue weighted by Gasteiger charge is 2.98. The molecule has 0 aromatic carbocycles. The molecule has 4 atom stereocenters. The molecule has 6 fully saturated rings. The predicted octanol–water partition coefficient (Wildman–Crippen LogP) is -0.0308. The van der Waals surface area contributed by atoms with Gasteiger partial charge in [-0.25, -0.2) is 0 Å². The molecule has 0 aromatic rings. The summed E-state index contributed by atoms with van der Waals surface area (Å²) in [6, 6.07) is 0.726. The van der Waals surface area contributed by atoms with E-state index in [1.807, 2.05) is 0 Å². The van der Waals surface area contributed by atoms with Crippen molar-refractivity contribution in [3.05, 3.63) is 0 Å². The lowest BCUT2D eigenvalue weighted by atomic mass is 9.19. The quantitative estimate of drug-likeness (QED) is 0.571. The monoisotopic (exact) mass is 177 g/mol. The third kappa shape index (κ3) is 0.308. The van der Waals surface area contributed by atoms with Crippen molar-refractivity contribution in [1.82, 2.24) is 5.32 Å². The number of carbonyl (C=O) groups is 1. The van der Waals surface area contributed by atoms with Crippen LogP contribution < -0.4 is 5.32 Å². The van der Waals surface area contributed by atoms with Gasteiger partial charge in [0.2, 0.25) is 0 Å². The Morgan fingerprint density at radius 1 is 1.23 bits per heavy atom. The van der Waals surface area contributed by atoms with E-state index in [1.165, 1.54) is 6.92 Å². The molecule has 2 saturated heterocycles. The van der Waals surface area contributed by atoms with Crippen molar-refractivity contribution in [3.63, 3.8) is 0 Å². The van der Waals surface area contributed by atoms with E-state index >= 15 is 0 Å². The van der Waals surface area contributed by atoms with Gasteiger partial charge in [0.25, 0.3) is 0 Å². The Bertz CT molecular complexity index is 346. The van der Waals surface area contributed by atoms with Gasteiger partial charge in [-0.3, -0.25) is 10.1 Å². The Morgan fingerprint density at radius 2 is 1.92 bits per heavy atom. The van der Waals surface area contributed by atoms with E-state index in [0.717, 1.165) is 29.7 Å². The highest BCUT2D eigenvalue weighted by atomic mass is 16.6. The first kappa shape index (κ1) is 6.02. The van der Waals surface area contributed by atoms with Gasteiger partial charge in [-0.1, -0.05) is 0 Å². The second-order valence-electron chi connectivity index (χ2n) is 5.42. The number of esters is 1. The fourth-order valence-corrected chi connectivity index (χ4v) is 5.51. The third-order valence-electron chi connectivity index (χ3n) is 5.52. The number of hydrogen-bond donors (Lipinski definition) is 1. The maximum Gasteiger partial charge on any atom is 0.304 e. The van der Waals surface area contributed by atoms with Crippen LogP contribution in [0.15, 0.2) is 0 Å². The molecule has 6 rings (SSSR count). The minimum Gasteiger partial charge on any atom is -0.443 e. The zero-order valence-corrected chi connectivity index (χ0v) is 7.36. The Hall–Kier alpha value is -0.570. The first-order valence-corrected chi connectivity index (χ1v) is 5.23. The van der Waals surface area contributed by atoms with Crippen molar-refractivity contribution in [2.45, 2.75) is 18.7 Å². The number of hydrogen-bond acceptors (Lipinski definition) is 3. The maximum absolute atomic E-state index is 11.0. The van der Waals surface area contributed by atoms with Gasteiger partial charge in [-0.2, -0.15) is 0 Å². The molecule has 2 heterocycles. The second kappa shape index (κ2) is 1.26. The van der Waals surface area contributed by atoms with E-state index in [9.17, 15) is 4.79 Å². The number of ether oxygens (including phenoxy) is 1. The SMILES string of the molecule is CC(=O)OC12NC3C4C5C3C1C5C42. The number of rotatable bonds is 1. The van der Waals surface area contributed by atoms with Gasteiger partial charge in [0.15, 0.2) is 5.72 Å². The average molecular weight is 177 g/mol. The van der Waals surface area contributed by atoms with Gasteiger partial charge in [-0.15, -0.1) is 0 Å². The van der Waals surface area contributed by atoms with Crippen molar-refractivity contribution in [2.24, 2.45) is 35.5 Å². The molecule has 6 aliphatic rings. The van der Waals surface area contributed by atoms with Gasteiger partial charge < -0.3 is 4.74 Å². The van der Waals surface area contributed by atoms with Crippen LogP contribution in [0, 0.1) is 35.5 Å². The molecule has 3 nitrogen and oxygen atoms in total. The summed E-state index contributed by atoms with van der Waals surface area (Å²) >= 11 is 0. The van der Waals surface area contributed by atoms with Gasteiger partial charge in [0.05, 0.1) is 0 Å². The van der Waals surface area contributed by atoms with Crippen LogP contribution in [0.3, 0.4) is 0 Å². The van der Waals surface area contributed by atoms with Crippen molar-refractivity contribution < 1.29 is 9.53 Å². The summed E-state index contributed by atoms with van der Waals surface area (Å²) in [4.78, 5) is 11.0. The Labute approximate surface area is 75.8 Å². The zero-order valence-electron chi connectivity index (χ0n) is 7.36. The molecule has 4 aliphatic carbocycles. The van der Waals surface area contributed by atoms with Gasteiger partial charge in [0.1, 0.15) is 0 Å². The summed E-state index contributed by atoms with van der Waals surface area (Å²) in [6.07, 6.45) is 0. The van der Waals surface area contributed by atoms with Crippen LogP contribution in [0.5, 0.6) is 0 Å². The van der Waals surface area contributed by atoms with Crippen LogP contribution in [-0.2, 0) is 9.53 Å². The summed E-state index contributed by atoms with van der Waals surface area (Å²) < 4.78 is 5.52. The van der Waals surface area contributed by atoms with Crippen LogP contribution in [-0.4, -0.2) is 17.7 Å². The fourth-order valence-electron chi connectivity index (χ4n) is 5.51. The fraction of sp³-hybridized carbons (Fsp3) is 0.900. The summed E-state index contributed by atoms with van der Waals surface area (Å²) in [5, 5.41) is 3.55. The molecule has 3 heteroatoms. The maximum atomic E-state index is 11.0. The molecule has 2 aliphatic heterocycles. The lowest BCUT2D eigenvalue weighted by Crippen LogP contribution is -2.88. The third-order valence-corrected chi connectivity index (χ3v) is 5.52. The molecule has 4 saturated carbocycles. The second-order valence-corrected chi connectivity index (χ2v) is 5.42. The standard InChI is InChI=1S/C10H11NO2/c1-2(12)13-10-7-4-3-5(7)9(11-10)6(3)8(4)10/h3-9,11H,1H3. The lowest BCUT2D eigenvalue weighted by molar-refractivity contribution is -0.411. The van der Waals surface area contributed by atoms with Crippen LogP contribution in [0.25, 0.3) is 0 Å². The van der Waals surface area contributed by atoms with E-state index in [4.69, 9.17) is 4.74 Å². The Kier molecular flexibility index (Phi) is 0.582. The molecular weight excluding hydrogens is 166 g/mol. The van der Waals surface area contributed by atoms with E-state index < -0.39 is 0 Å². The molecule has 1 N–H and O–H groups in total. The Morgan fingerprint density at radius 3 is 2.46 bits per heavy atom. The molecule has 0 radical (unpaired) electrons. The topological polar surface area (TPSA) is 38.3 Å². The van der Waals surface area contributed by atoms with Gasteiger partial charge >= 0.3 is 5.97 Å². The summed E-state index contributed by atoms with van der Waals surface area (Å²) in [7, 11) is 0. The number of carbonyl (C=O) groups excluding carboxylic acids is 1. The minimum atomic E-state index is -0.161. The highest BCUT2D eigenvalue weighted by Crippen LogP contribution is 2.91. The molecule has 4 unspecified atom stereocenters. The van der Waals surface area contributed by atoms with Crippen molar-refractivity contribution in [3.8, 4) is 0 Å². The number of nitrogens with one attached hydrogen (secondary N) is 1. The van der Waals surface area contributed by atoms with Crippen molar-refractivity contribution in [1.29, 1.82) is 0 Å². The minimum absolute atomic E-state index is 0.110. The van der Waals surface area contributed by atoms with Crippen molar-refractivity contribution >= 4 is 5.97 Å². The highest BCUT2D eigenvalue weighted by molar-refractivity contribution is 5.68. The van der Waals surface area contributed by atoms with Crippen LogP contribution >= 0.6 is 0 Å². The molecular formula is C10H11NO2. The summed E-state index contributed by atoms with van der Waals surface area (Å²) in [5.74, 6) is 5.07. The summed E-state index contributed by atoms with van der Waals surface area (Å²) in [6.45, 7) is 1.53. The molecule has 0 amide bonds. The van der Waals surface area contributed by atoms with E-state index in [-0.39, 0.29) is 11.7 Å². The first-order valence-electron chi connectivity index (χ1n) is 5.23. The van der Waals surface area contributed by atoms with Gasteiger partial charge in [0, 0.05) is 24.8 Å². The van der Waals surface area contributed by atoms with Crippen molar-refractivity contribution in [2.75, 3.05) is 0 Å². The molecule has 0 aromatic heterocycles. The molecule has 13 heavy (non-hydrogen) atoms. The zero-order chi connectivity index (χ0) is 8.53. The van der Waals surface area contributed by atoms with E-state index in [0.29, 0.717) is 11.8 Å².